The molecule has 1 aromatic carbocycles. The van der Waals surface area contributed by atoms with Gasteiger partial charge in [0.25, 0.3) is 0 Å². The van der Waals surface area contributed by atoms with Gasteiger partial charge in [-0.05, 0) is 40.2 Å². The average Bonchev–Trinajstić information content (AvgIpc) is 2.82. The Labute approximate surface area is 113 Å². The number of anilines is 1. The minimum atomic E-state index is 0.549. The molecule has 0 aliphatic heterocycles. The van der Waals surface area contributed by atoms with Gasteiger partial charge in [-0.15, -0.1) is 0 Å². The zero-order valence-corrected chi connectivity index (χ0v) is 11.3. The highest BCUT2D eigenvalue weighted by Crippen LogP contribution is 2.26. The number of nitriles is 1. The second kappa shape index (κ2) is 5.61. The number of nitrogens with one attached hydrogen (secondary N) is 1. The SMILES string of the molecule is COc1cc(C#N)ccc1NCc1ccc(Br)o1. The molecule has 1 aromatic heterocycles. The molecule has 92 valence electrons. The van der Waals surface area contributed by atoms with Crippen LogP contribution in [0.5, 0.6) is 5.75 Å². The van der Waals surface area contributed by atoms with Crippen molar-refractivity contribution >= 4 is 21.6 Å². The van der Waals surface area contributed by atoms with Crippen LogP contribution in [-0.4, -0.2) is 7.11 Å². The highest BCUT2D eigenvalue weighted by Gasteiger charge is 2.05. The van der Waals surface area contributed by atoms with E-state index in [0.717, 1.165) is 11.4 Å². The molecule has 2 rings (SSSR count). The van der Waals surface area contributed by atoms with Gasteiger partial charge in [0.1, 0.15) is 11.5 Å². The van der Waals surface area contributed by atoms with Crippen molar-refractivity contribution in [2.75, 3.05) is 12.4 Å². The molecule has 5 heteroatoms. The van der Waals surface area contributed by atoms with Crippen LogP contribution in [-0.2, 0) is 6.54 Å². The molecule has 0 fully saturated rings. The van der Waals surface area contributed by atoms with Crippen LogP contribution in [0.15, 0.2) is 39.4 Å². The minimum Gasteiger partial charge on any atom is -0.495 e. The first-order valence-corrected chi connectivity index (χ1v) is 6.08. The lowest BCUT2D eigenvalue weighted by Gasteiger charge is -2.10. The average molecular weight is 307 g/mol. The maximum atomic E-state index is 8.81. The van der Waals surface area contributed by atoms with Gasteiger partial charge in [0.15, 0.2) is 4.67 Å². The Bertz CT molecular complexity index is 587. The van der Waals surface area contributed by atoms with Gasteiger partial charge in [0.2, 0.25) is 0 Å². The Balaban J connectivity index is 2.12. The Kier molecular flexibility index (Phi) is 3.90. The quantitative estimate of drug-likeness (QED) is 0.938. The maximum Gasteiger partial charge on any atom is 0.169 e. The standard InChI is InChI=1S/C13H11BrN2O2/c1-17-12-6-9(7-15)2-4-11(12)16-8-10-3-5-13(14)18-10/h2-6,16H,8H2,1H3. The summed E-state index contributed by atoms with van der Waals surface area (Å²) in [4.78, 5) is 0. The number of ether oxygens (including phenoxy) is 1. The molecule has 0 amide bonds. The van der Waals surface area contributed by atoms with E-state index in [9.17, 15) is 0 Å². The van der Waals surface area contributed by atoms with Crippen molar-refractivity contribution in [2.24, 2.45) is 0 Å². The minimum absolute atomic E-state index is 0.549. The molecule has 18 heavy (non-hydrogen) atoms. The summed E-state index contributed by atoms with van der Waals surface area (Å²) >= 11 is 3.25. The van der Waals surface area contributed by atoms with Crippen LogP contribution in [0.25, 0.3) is 0 Å². The Morgan fingerprint density at radius 2 is 2.22 bits per heavy atom. The molecule has 0 aliphatic carbocycles. The number of benzene rings is 1. The van der Waals surface area contributed by atoms with E-state index in [0.29, 0.717) is 22.5 Å². The first kappa shape index (κ1) is 12.5. The van der Waals surface area contributed by atoms with Crippen molar-refractivity contribution in [1.29, 1.82) is 5.26 Å². The predicted molar refractivity (Wildman–Crippen MR) is 71.4 cm³/mol. The van der Waals surface area contributed by atoms with Crippen molar-refractivity contribution in [1.82, 2.24) is 0 Å². The van der Waals surface area contributed by atoms with Crippen LogP contribution in [0.2, 0.25) is 0 Å². The summed E-state index contributed by atoms with van der Waals surface area (Å²) in [6.45, 7) is 0.549. The van der Waals surface area contributed by atoms with E-state index in [2.05, 4.69) is 27.3 Å². The number of methoxy groups -OCH3 is 1. The first-order valence-electron chi connectivity index (χ1n) is 5.29. The summed E-state index contributed by atoms with van der Waals surface area (Å²) in [7, 11) is 1.57. The van der Waals surface area contributed by atoms with Crippen molar-refractivity contribution in [3.8, 4) is 11.8 Å². The van der Waals surface area contributed by atoms with Crippen LogP contribution in [0.4, 0.5) is 5.69 Å². The van der Waals surface area contributed by atoms with Gasteiger partial charge < -0.3 is 14.5 Å². The lowest BCUT2D eigenvalue weighted by atomic mass is 10.2. The monoisotopic (exact) mass is 306 g/mol. The molecule has 2 aromatic rings. The Morgan fingerprint density at radius 1 is 1.39 bits per heavy atom. The number of halogens is 1. The summed E-state index contributed by atoms with van der Waals surface area (Å²) in [5, 5.41) is 12.0. The molecule has 0 bridgehead atoms. The molecule has 1 N–H and O–H groups in total. The van der Waals surface area contributed by atoms with Crippen LogP contribution in [0.1, 0.15) is 11.3 Å². The highest BCUT2D eigenvalue weighted by molar-refractivity contribution is 9.10. The van der Waals surface area contributed by atoms with E-state index >= 15 is 0 Å². The molecule has 0 atom stereocenters. The van der Waals surface area contributed by atoms with Gasteiger partial charge in [0, 0.05) is 6.07 Å². The van der Waals surface area contributed by atoms with Crippen molar-refractivity contribution < 1.29 is 9.15 Å². The van der Waals surface area contributed by atoms with Gasteiger partial charge in [-0.25, -0.2) is 0 Å². The molecule has 0 saturated carbocycles. The largest absolute Gasteiger partial charge is 0.495 e. The molecule has 0 spiro atoms. The molecular weight excluding hydrogens is 296 g/mol. The number of hydrogen-bond donors (Lipinski definition) is 1. The van der Waals surface area contributed by atoms with E-state index in [4.69, 9.17) is 14.4 Å². The molecular formula is C13H11BrN2O2. The van der Waals surface area contributed by atoms with Crippen molar-refractivity contribution in [2.45, 2.75) is 6.54 Å². The Morgan fingerprint density at radius 3 is 2.83 bits per heavy atom. The maximum absolute atomic E-state index is 8.81. The second-order valence-corrected chi connectivity index (χ2v) is 4.37. The van der Waals surface area contributed by atoms with Crippen molar-refractivity contribution in [3.63, 3.8) is 0 Å². The number of rotatable bonds is 4. The number of furan rings is 1. The third kappa shape index (κ3) is 2.84. The summed E-state index contributed by atoms with van der Waals surface area (Å²) in [6, 6.07) is 11.0. The second-order valence-electron chi connectivity index (χ2n) is 3.59. The van der Waals surface area contributed by atoms with E-state index < -0.39 is 0 Å². The predicted octanol–water partition coefficient (Wildman–Crippen LogP) is 3.53. The normalized spacial score (nSPS) is 9.83. The summed E-state index contributed by atoms with van der Waals surface area (Å²) in [6.07, 6.45) is 0. The topological polar surface area (TPSA) is 58.2 Å². The van der Waals surface area contributed by atoms with E-state index in [1.54, 1.807) is 19.2 Å². The van der Waals surface area contributed by atoms with Crippen LogP contribution < -0.4 is 10.1 Å². The van der Waals surface area contributed by atoms with E-state index in [1.807, 2.05) is 18.2 Å². The Hall–Kier alpha value is -1.93. The van der Waals surface area contributed by atoms with Gasteiger partial charge in [-0.1, -0.05) is 0 Å². The van der Waals surface area contributed by atoms with Gasteiger partial charge in [-0.3, -0.25) is 0 Å². The van der Waals surface area contributed by atoms with Crippen LogP contribution in [0, 0.1) is 11.3 Å². The fourth-order valence-corrected chi connectivity index (χ4v) is 1.88. The van der Waals surface area contributed by atoms with Crippen LogP contribution >= 0.6 is 15.9 Å². The molecule has 0 unspecified atom stereocenters. The molecule has 4 nitrogen and oxygen atoms in total. The number of nitrogens with zero attached hydrogens (tertiary/aromatic N) is 1. The zero-order chi connectivity index (χ0) is 13.0. The molecule has 0 saturated heterocycles. The van der Waals surface area contributed by atoms with Gasteiger partial charge in [-0.2, -0.15) is 5.26 Å². The van der Waals surface area contributed by atoms with Gasteiger partial charge >= 0.3 is 0 Å². The number of hydrogen-bond acceptors (Lipinski definition) is 4. The smallest absolute Gasteiger partial charge is 0.169 e. The fourth-order valence-electron chi connectivity index (χ4n) is 1.54. The van der Waals surface area contributed by atoms with Gasteiger partial charge in [0.05, 0.1) is 31.0 Å². The third-order valence-corrected chi connectivity index (χ3v) is 2.84. The zero-order valence-electron chi connectivity index (χ0n) is 9.74. The van der Waals surface area contributed by atoms with Crippen molar-refractivity contribution in [3.05, 3.63) is 46.3 Å². The highest BCUT2D eigenvalue weighted by atomic mass is 79.9. The summed E-state index contributed by atoms with van der Waals surface area (Å²) in [5.41, 5.74) is 1.39. The molecule has 0 radical (unpaired) electrons. The lowest BCUT2D eigenvalue weighted by Crippen LogP contribution is -2.00. The first-order chi connectivity index (χ1) is 8.72. The lowest BCUT2D eigenvalue weighted by molar-refractivity contribution is 0.416. The molecule has 0 aliphatic rings. The summed E-state index contributed by atoms with van der Waals surface area (Å²) < 4.78 is 11.3. The molecule has 1 heterocycles. The van der Waals surface area contributed by atoms with Crippen LogP contribution in [0.3, 0.4) is 0 Å². The van der Waals surface area contributed by atoms with E-state index in [-0.39, 0.29) is 0 Å². The third-order valence-electron chi connectivity index (χ3n) is 2.41. The fraction of sp³-hybridized carbons (Fsp3) is 0.154. The van der Waals surface area contributed by atoms with E-state index in [1.165, 1.54) is 0 Å². The summed E-state index contributed by atoms with van der Waals surface area (Å²) in [5.74, 6) is 1.45.